The number of rotatable bonds is 4. The zero-order valence-corrected chi connectivity index (χ0v) is 7.92. The molecule has 0 aliphatic rings. The molecule has 68 valence electrons. The van der Waals surface area contributed by atoms with Crippen LogP contribution in [0.2, 0.25) is 0 Å². The zero-order valence-electron chi connectivity index (χ0n) is 7.92. The number of hydrogen-bond acceptors (Lipinski definition) is 2. The Kier molecular flexibility index (Phi) is 5.79. The molecule has 0 rings (SSSR count). The second-order valence-electron chi connectivity index (χ2n) is 2.27. The lowest BCUT2D eigenvalue weighted by molar-refractivity contribution is 0.269. The van der Waals surface area contributed by atoms with E-state index in [1.165, 1.54) is 0 Å². The van der Waals surface area contributed by atoms with E-state index in [4.69, 9.17) is 4.74 Å². The number of nitrogens with one attached hydrogen (secondary N) is 1. The molecule has 0 aromatic carbocycles. The topological polar surface area (TPSA) is 33.6 Å². The second kappa shape index (κ2) is 6.46. The van der Waals surface area contributed by atoms with Gasteiger partial charge in [-0.2, -0.15) is 0 Å². The largest absolute Gasteiger partial charge is 0.501 e. The molecule has 0 saturated carbocycles. The first-order valence-electron chi connectivity index (χ1n) is 3.88. The van der Waals surface area contributed by atoms with Crippen molar-refractivity contribution in [2.45, 2.75) is 13.8 Å². The summed E-state index contributed by atoms with van der Waals surface area (Å²) in [4.78, 5) is 3.98. The average Bonchev–Trinajstić information content (AvgIpc) is 2.02. The highest BCUT2D eigenvalue weighted by Crippen LogP contribution is 1.84. The molecule has 0 atom stereocenters. The molecule has 0 aliphatic heterocycles. The molecule has 0 aromatic heterocycles. The molecule has 1 N–H and O–H groups in total. The van der Waals surface area contributed by atoms with Crippen molar-refractivity contribution >= 4 is 5.84 Å². The standard InChI is InChI=1S/C9H16N2O/c1-5-12-7-6-9(10-4)11-8(2)3/h6-7H,2,5H2,1,3-4H3,(H,10,11)/b7-6+. The first-order valence-corrected chi connectivity index (χ1v) is 3.88. The van der Waals surface area contributed by atoms with Crippen molar-refractivity contribution in [2.24, 2.45) is 4.99 Å². The van der Waals surface area contributed by atoms with Gasteiger partial charge in [0.15, 0.2) is 0 Å². The van der Waals surface area contributed by atoms with Crippen molar-refractivity contribution in [3.8, 4) is 0 Å². The summed E-state index contributed by atoms with van der Waals surface area (Å²) in [5, 5.41) is 2.98. The highest BCUT2D eigenvalue weighted by Gasteiger charge is 1.89. The maximum Gasteiger partial charge on any atom is 0.127 e. The summed E-state index contributed by atoms with van der Waals surface area (Å²) < 4.78 is 5.02. The lowest BCUT2D eigenvalue weighted by Crippen LogP contribution is -2.18. The van der Waals surface area contributed by atoms with Crippen LogP contribution in [0.15, 0.2) is 29.6 Å². The van der Waals surface area contributed by atoms with Gasteiger partial charge in [-0.1, -0.05) is 6.58 Å². The van der Waals surface area contributed by atoms with E-state index < -0.39 is 0 Å². The smallest absolute Gasteiger partial charge is 0.127 e. The predicted octanol–water partition coefficient (Wildman–Crippen LogP) is 1.69. The van der Waals surface area contributed by atoms with Gasteiger partial charge in [0.2, 0.25) is 0 Å². The van der Waals surface area contributed by atoms with Gasteiger partial charge in [-0.3, -0.25) is 4.99 Å². The molecule has 12 heavy (non-hydrogen) atoms. The van der Waals surface area contributed by atoms with Crippen LogP contribution in [0.3, 0.4) is 0 Å². The normalized spacial score (nSPS) is 11.8. The molecule has 0 fully saturated rings. The Morgan fingerprint density at radius 1 is 1.67 bits per heavy atom. The summed E-state index contributed by atoms with van der Waals surface area (Å²) in [7, 11) is 1.71. The van der Waals surface area contributed by atoms with Crippen molar-refractivity contribution in [3.63, 3.8) is 0 Å². The highest BCUT2D eigenvalue weighted by molar-refractivity contribution is 5.93. The SMILES string of the molecule is C=C(C)NC(/C=C/OCC)=NC. The van der Waals surface area contributed by atoms with Gasteiger partial charge in [-0.25, -0.2) is 0 Å². The van der Waals surface area contributed by atoms with Crippen LogP contribution >= 0.6 is 0 Å². The maximum atomic E-state index is 5.02. The second-order valence-corrected chi connectivity index (χ2v) is 2.27. The van der Waals surface area contributed by atoms with E-state index in [1.54, 1.807) is 19.4 Å². The minimum absolute atomic E-state index is 0.667. The van der Waals surface area contributed by atoms with Crippen LogP contribution in [-0.2, 0) is 4.74 Å². The quantitative estimate of drug-likeness (QED) is 0.393. The minimum Gasteiger partial charge on any atom is -0.501 e. The Balaban J connectivity index is 3.92. The van der Waals surface area contributed by atoms with E-state index in [9.17, 15) is 0 Å². The number of hydrogen-bond donors (Lipinski definition) is 1. The minimum atomic E-state index is 0.667. The molecule has 0 heterocycles. The number of amidine groups is 1. The predicted molar refractivity (Wildman–Crippen MR) is 52.1 cm³/mol. The van der Waals surface area contributed by atoms with Gasteiger partial charge in [0.05, 0.1) is 12.9 Å². The molecular formula is C9H16N2O. The van der Waals surface area contributed by atoms with Gasteiger partial charge in [-0.15, -0.1) is 0 Å². The summed E-state index contributed by atoms with van der Waals surface area (Å²) in [6, 6.07) is 0. The molecule has 0 aliphatic carbocycles. The van der Waals surface area contributed by atoms with E-state index in [0.717, 1.165) is 11.5 Å². The van der Waals surface area contributed by atoms with Gasteiger partial charge in [0.25, 0.3) is 0 Å². The van der Waals surface area contributed by atoms with Gasteiger partial charge >= 0.3 is 0 Å². The van der Waals surface area contributed by atoms with Crippen LogP contribution < -0.4 is 5.32 Å². The molecule has 0 radical (unpaired) electrons. The molecule has 0 amide bonds. The van der Waals surface area contributed by atoms with Crippen molar-refractivity contribution in [1.82, 2.24) is 5.32 Å². The van der Waals surface area contributed by atoms with Gasteiger partial charge in [0, 0.05) is 18.8 Å². The number of aliphatic imine (C=N–C) groups is 1. The monoisotopic (exact) mass is 168 g/mol. The molecular weight excluding hydrogens is 152 g/mol. The van der Waals surface area contributed by atoms with Crippen molar-refractivity contribution in [1.29, 1.82) is 0 Å². The fourth-order valence-corrected chi connectivity index (χ4v) is 0.600. The lowest BCUT2D eigenvalue weighted by Gasteiger charge is -2.03. The third-order valence-electron chi connectivity index (χ3n) is 1.07. The Bertz CT molecular complexity index is 195. The molecule has 0 aromatic rings. The number of ether oxygens (including phenoxy) is 1. The third-order valence-corrected chi connectivity index (χ3v) is 1.07. The lowest BCUT2D eigenvalue weighted by atomic mass is 10.5. The van der Waals surface area contributed by atoms with Crippen LogP contribution in [-0.4, -0.2) is 19.5 Å². The summed E-state index contributed by atoms with van der Waals surface area (Å²) in [6.45, 7) is 8.18. The number of allylic oxidation sites excluding steroid dienone is 1. The molecule has 0 saturated heterocycles. The van der Waals surface area contributed by atoms with Crippen LogP contribution in [0.4, 0.5) is 0 Å². The van der Waals surface area contributed by atoms with E-state index in [0.29, 0.717) is 6.61 Å². The van der Waals surface area contributed by atoms with E-state index >= 15 is 0 Å². The Morgan fingerprint density at radius 3 is 2.75 bits per heavy atom. The van der Waals surface area contributed by atoms with E-state index in [2.05, 4.69) is 16.9 Å². The maximum absolute atomic E-state index is 5.02. The van der Waals surface area contributed by atoms with Gasteiger partial charge in [-0.05, 0) is 13.8 Å². The van der Waals surface area contributed by atoms with Crippen molar-refractivity contribution in [2.75, 3.05) is 13.7 Å². The first-order chi connectivity index (χ1) is 5.70. The summed E-state index contributed by atoms with van der Waals surface area (Å²) in [6.07, 6.45) is 3.37. The zero-order chi connectivity index (χ0) is 9.40. The summed E-state index contributed by atoms with van der Waals surface area (Å²) in [5.74, 6) is 0.746. The molecule has 3 nitrogen and oxygen atoms in total. The highest BCUT2D eigenvalue weighted by atomic mass is 16.5. The molecule has 0 unspecified atom stereocenters. The van der Waals surface area contributed by atoms with E-state index in [1.807, 2.05) is 13.8 Å². The van der Waals surface area contributed by atoms with Crippen molar-refractivity contribution < 1.29 is 4.74 Å². The fourth-order valence-electron chi connectivity index (χ4n) is 0.600. The molecule has 0 bridgehead atoms. The van der Waals surface area contributed by atoms with Gasteiger partial charge < -0.3 is 10.1 Å². The molecule has 0 spiro atoms. The molecule has 3 heteroatoms. The van der Waals surface area contributed by atoms with E-state index in [-0.39, 0.29) is 0 Å². The van der Waals surface area contributed by atoms with Crippen molar-refractivity contribution in [3.05, 3.63) is 24.6 Å². The summed E-state index contributed by atoms with van der Waals surface area (Å²) in [5.41, 5.74) is 0.858. The van der Waals surface area contributed by atoms with Crippen LogP contribution in [0, 0.1) is 0 Å². The van der Waals surface area contributed by atoms with Crippen LogP contribution in [0.5, 0.6) is 0 Å². The third kappa shape index (κ3) is 5.53. The fraction of sp³-hybridized carbons (Fsp3) is 0.444. The number of nitrogens with zero attached hydrogens (tertiary/aromatic N) is 1. The van der Waals surface area contributed by atoms with Crippen LogP contribution in [0.1, 0.15) is 13.8 Å². The first kappa shape index (κ1) is 10.8. The van der Waals surface area contributed by atoms with Gasteiger partial charge in [0.1, 0.15) is 5.84 Å². The van der Waals surface area contributed by atoms with Crippen LogP contribution in [0.25, 0.3) is 0 Å². The Hall–Kier alpha value is -1.25. The average molecular weight is 168 g/mol. The Morgan fingerprint density at radius 2 is 2.33 bits per heavy atom. The Labute approximate surface area is 73.8 Å². The summed E-state index contributed by atoms with van der Waals surface area (Å²) >= 11 is 0.